The number of hydrogen-bond donors (Lipinski definition) is 2. The van der Waals surface area contributed by atoms with Crippen molar-refractivity contribution in [1.29, 1.82) is 0 Å². The van der Waals surface area contributed by atoms with Gasteiger partial charge in [0.05, 0.1) is 6.04 Å². The molecule has 1 saturated heterocycles. The van der Waals surface area contributed by atoms with Crippen LogP contribution in [0.25, 0.3) is 0 Å². The second kappa shape index (κ2) is 7.94. The van der Waals surface area contributed by atoms with E-state index >= 15 is 0 Å². The molecule has 120 valence electrons. The Morgan fingerprint density at radius 3 is 2.50 bits per heavy atom. The SMILES string of the molecule is CC1CCN([C@H](C)C(=O)NC(=O)NCc2ccccc2)CC1. The summed E-state index contributed by atoms with van der Waals surface area (Å²) in [6.07, 6.45) is 2.22. The van der Waals surface area contributed by atoms with Crippen molar-refractivity contribution in [3.63, 3.8) is 0 Å². The van der Waals surface area contributed by atoms with Gasteiger partial charge in [0, 0.05) is 6.54 Å². The van der Waals surface area contributed by atoms with Gasteiger partial charge < -0.3 is 5.32 Å². The lowest BCUT2D eigenvalue weighted by atomic mass is 9.98. The van der Waals surface area contributed by atoms with Crippen LogP contribution in [0.3, 0.4) is 0 Å². The molecule has 0 saturated carbocycles. The summed E-state index contributed by atoms with van der Waals surface area (Å²) in [5, 5.41) is 5.13. The first-order chi connectivity index (χ1) is 10.6. The third-order valence-corrected chi connectivity index (χ3v) is 4.28. The fourth-order valence-corrected chi connectivity index (χ4v) is 2.62. The lowest BCUT2D eigenvalue weighted by molar-refractivity contribution is -0.125. The number of imide groups is 1. The minimum atomic E-state index is -0.439. The molecule has 1 fully saturated rings. The summed E-state index contributed by atoms with van der Waals surface area (Å²) < 4.78 is 0. The van der Waals surface area contributed by atoms with Crippen LogP contribution in [0.1, 0.15) is 32.3 Å². The van der Waals surface area contributed by atoms with Crippen molar-refractivity contribution in [2.75, 3.05) is 13.1 Å². The summed E-state index contributed by atoms with van der Waals surface area (Å²) in [5.41, 5.74) is 1.00. The fraction of sp³-hybridized carbons (Fsp3) is 0.529. The lowest BCUT2D eigenvalue weighted by Gasteiger charge is -2.33. The van der Waals surface area contributed by atoms with Gasteiger partial charge in [-0.15, -0.1) is 0 Å². The first-order valence-electron chi connectivity index (χ1n) is 7.93. The molecule has 5 heteroatoms. The molecule has 22 heavy (non-hydrogen) atoms. The number of carbonyl (C=O) groups excluding carboxylic acids is 2. The zero-order valence-corrected chi connectivity index (χ0v) is 13.3. The highest BCUT2D eigenvalue weighted by Gasteiger charge is 2.25. The van der Waals surface area contributed by atoms with Crippen LogP contribution in [0.4, 0.5) is 4.79 Å². The molecule has 0 unspecified atom stereocenters. The Bertz CT molecular complexity index is 496. The normalized spacial score (nSPS) is 17.7. The van der Waals surface area contributed by atoms with Crippen molar-refractivity contribution in [3.8, 4) is 0 Å². The smallest absolute Gasteiger partial charge is 0.321 e. The molecule has 3 amide bonds. The van der Waals surface area contributed by atoms with E-state index in [9.17, 15) is 9.59 Å². The Labute approximate surface area is 132 Å². The van der Waals surface area contributed by atoms with Crippen LogP contribution >= 0.6 is 0 Å². The number of urea groups is 1. The molecular formula is C17H25N3O2. The monoisotopic (exact) mass is 303 g/mol. The summed E-state index contributed by atoms with van der Waals surface area (Å²) >= 11 is 0. The average molecular weight is 303 g/mol. The van der Waals surface area contributed by atoms with Gasteiger partial charge in [0.25, 0.3) is 0 Å². The van der Waals surface area contributed by atoms with E-state index in [-0.39, 0.29) is 11.9 Å². The predicted octanol–water partition coefficient (Wildman–Crippen LogP) is 2.13. The maximum atomic E-state index is 12.1. The van der Waals surface area contributed by atoms with Gasteiger partial charge >= 0.3 is 6.03 Å². The van der Waals surface area contributed by atoms with Crippen molar-refractivity contribution in [1.82, 2.24) is 15.5 Å². The van der Waals surface area contributed by atoms with E-state index < -0.39 is 6.03 Å². The molecular weight excluding hydrogens is 278 g/mol. The molecule has 0 aliphatic carbocycles. The van der Waals surface area contributed by atoms with Crippen LogP contribution in [-0.4, -0.2) is 36.0 Å². The zero-order chi connectivity index (χ0) is 15.9. The van der Waals surface area contributed by atoms with E-state index in [0.717, 1.165) is 37.4 Å². The van der Waals surface area contributed by atoms with E-state index in [1.165, 1.54) is 0 Å². The van der Waals surface area contributed by atoms with Crippen molar-refractivity contribution in [3.05, 3.63) is 35.9 Å². The molecule has 0 radical (unpaired) electrons. The molecule has 0 bridgehead atoms. The molecule has 1 aliphatic heterocycles. The quantitative estimate of drug-likeness (QED) is 0.896. The van der Waals surface area contributed by atoms with Gasteiger partial charge in [0.2, 0.25) is 5.91 Å². The molecule has 1 aromatic rings. The van der Waals surface area contributed by atoms with Crippen LogP contribution in [0, 0.1) is 5.92 Å². The van der Waals surface area contributed by atoms with Gasteiger partial charge in [-0.1, -0.05) is 37.3 Å². The minimum Gasteiger partial charge on any atom is -0.334 e. The van der Waals surface area contributed by atoms with Crippen molar-refractivity contribution in [2.24, 2.45) is 5.92 Å². The second-order valence-electron chi connectivity index (χ2n) is 6.05. The number of nitrogens with zero attached hydrogens (tertiary/aromatic N) is 1. The zero-order valence-electron chi connectivity index (χ0n) is 13.3. The van der Waals surface area contributed by atoms with E-state index in [4.69, 9.17) is 0 Å². The van der Waals surface area contributed by atoms with Gasteiger partial charge in [0.1, 0.15) is 0 Å². The van der Waals surface area contributed by atoms with E-state index in [1.54, 1.807) is 0 Å². The molecule has 1 heterocycles. The Kier molecular flexibility index (Phi) is 5.95. The Hall–Kier alpha value is -1.88. The largest absolute Gasteiger partial charge is 0.334 e. The number of benzene rings is 1. The van der Waals surface area contributed by atoms with Gasteiger partial charge in [0.15, 0.2) is 0 Å². The standard InChI is InChI=1S/C17H25N3O2/c1-13-8-10-20(11-9-13)14(2)16(21)19-17(22)18-12-15-6-4-3-5-7-15/h3-7,13-14H,8-12H2,1-2H3,(H2,18,19,21,22)/t14-/m1/s1. The molecule has 0 spiro atoms. The minimum absolute atomic E-state index is 0.236. The molecule has 1 aliphatic rings. The fourth-order valence-electron chi connectivity index (χ4n) is 2.62. The maximum absolute atomic E-state index is 12.1. The summed E-state index contributed by atoms with van der Waals surface area (Å²) in [5.74, 6) is 0.487. The Morgan fingerprint density at radius 2 is 1.86 bits per heavy atom. The van der Waals surface area contributed by atoms with Crippen LogP contribution in [0.5, 0.6) is 0 Å². The second-order valence-corrected chi connectivity index (χ2v) is 6.05. The molecule has 5 nitrogen and oxygen atoms in total. The van der Waals surface area contributed by atoms with Crippen molar-refractivity contribution < 1.29 is 9.59 Å². The summed E-state index contributed by atoms with van der Waals surface area (Å²) in [4.78, 5) is 26.1. The van der Waals surface area contributed by atoms with E-state index in [1.807, 2.05) is 37.3 Å². The number of nitrogens with one attached hydrogen (secondary N) is 2. The first kappa shape index (κ1) is 16.5. The lowest BCUT2D eigenvalue weighted by Crippen LogP contribution is -2.51. The number of piperidine rings is 1. The summed E-state index contributed by atoms with van der Waals surface area (Å²) in [7, 11) is 0. The van der Waals surface area contributed by atoms with Gasteiger partial charge in [-0.3, -0.25) is 15.0 Å². The van der Waals surface area contributed by atoms with E-state index in [0.29, 0.717) is 6.54 Å². The van der Waals surface area contributed by atoms with Crippen LogP contribution < -0.4 is 10.6 Å². The average Bonchev–Trinajstić information content (AvgIpc) is 2.54. The highest BCUT2D eigenvalue weighted by molar-refractivity contribution is 5.96. The highest BCUT2D eigenvalue weighted by Crippen LogP contribution is 2.17. The number of carbonyl (C=O) groups is 2. The topological polar surface area (TPSA) is 61.4 Å². The molecule has 2 N–H and O–H groups in total. The molecule has 1 atom stereocenters. The highest BCUT2D eigenvalue weighted by atomic mass is 16.2. The van der Waals surface area contributed by atoms with Crippen molar-refractivity contribution >= 4 is 11.9 Å². The van der Waals surface area contributed by atoms with Gasteiger partial charge in [-0.2, -0.15) is 0 Å². The Morgan fingerprint density at radius 1 is 1.23 bits per heavy atom. The number of likely N-dealkylation sites (tertiary alicyclic amines) is 1. The Balaban J connectivity index is 1.74. The molecule has 1 aromatic carbocycles. The summed E-state index contributed by atoms with van der Waals surface area (Å²) in [6, 6.07) is 8.91. The van der Waals surface area contributed by atoms with Gasteiger partial charge in [-0.05, 0) is 44.3 Å². The van der Waals surface area contributed by atoms with E-state index in [2.05, 4.69) is 22.5 Å². The maximum Gasteiger partial charge on any atom is 0.321 e. The molecule has 0 aromatic heterocycles. The number of amides is 3. The number of hydrogen-bond acceptors (Lipinski definition) is 3. The van der Waals surface area contributed by atoms with Crippen LogP contribution in [-0.2, 0) is 11.3 Å². The first-order valence-corrected chi connectivity index (χ1v) is 7.93. The number of rotatable bonds is 4. The van der Waals surface area contributed by atoms with Crippen molar-refractivity contribution in [2.45, 2.75) is 39.3 Å². The summed E-state index contributed by atoms with van der Waals surface area (Å²) in [6.45, 7) is 6.34. The van der Waals surface area contributed by atoms with Crippen LogP contribution in [0.15, 0.2) is 30.3 Å². The molecule has 2 rings (SSSR count). The van der Waals surface area contributed by atoms with Crippen LogP contribution in [0.2, 0.25) is 0 Å². The predicted molar refractivity (Wildman–Crippen MR) is 86.3 cm³/mol. The third kappa shape index (κ3) is 4.84. The third-order valence-electron chi connectivity index (χ3n) is 4.28. The van der Waals surface area contributed by atoms with Gasteiger partial charge in [-0.25, -0.2) is 4.79 Å².